The normalized spacial score (nSPS) is 27.7. The number of hydrogen-bond acceptors (Lipinski definition) is 6. The first kappa shape index (κ1) is 24.5. The average Bonchev–Trinajstić information content (AvgIpc) is 3.01. The van der Waals surface area contributed by atoms with Crippen LogP contribution in [0.2, 0.25) is 0 Å². The molecule has 1 aliphatic heterocycles. The third-order valence-electron chi connectivity index (χ3n) is 6.86. The van der Waals surface area contributed by atoms with E-state index in [4.69, 9.17) is 14.2 Å². The lowest BCUT2D eigenvalue weighted by atomic mass is 9.85. The molecule has 34 heavy (non-hydrogen) atoms. The van der Waals surface area contributed by atoms with E-state index in [9.17, 15) is 15.0 Å². The van der Waals surface area contributed by atoms with E-state index in [2.05, 4.69) is 0 Å². The van der Waals surface area contributed by atoms with E-state index in [1.165, 1.54) is 0 Å². The van der Waals surface area contributed by atoms with Crippen LogP contribution in [0.5, 0.6) is 5.75 Å². The van der Waals surface area contributed by atoms with Crippen molar-refractivity contribution in [3.8, 4) is 5.75 Å². The Hall–Kier alpha value is -2.67. The second-order valence-electron chi connectivity index (χ2n) is 9.11. The van der Waals surface area contributed by atoms with Gasteiger partial charge in [-0.1, -0.05) is 42.5 Å². The van der Waals surface area contributed by atoms with Gasteiger partial charge in [0.05, 0.1) is 31.0 Å². The van der Waals surface area contributed by atoms with E-state index in [1.54, 1.807) is 13.0 Å². The number of hydrogen-bond donors (Lipinski definition) is 2. The molecule has 2 fully saturated rings. The van der Waals surface area contributed by atoms with Gasteiger partial charge >= 0.3 is 5.97 Å². The minimum atomic E-state index is -0.746. The number of rotatable bonds is 8. The summed E-state index contributed by atoms with van der Waals surface area (Å²) in [4.78, 5) is 11.9. The molecule has 4 rings (SSSR count). The third kappa shape index (κ3) is 6.06. The minimum absolute atomic E-state index is 0.00571. The molecule has 6 heteroatoms. The summed E-state index contributed by atoms with van der Waals surface area (Å²) in [7, 11) is 0. The smallest absolute Gasteiger partial charge is 0.338 e. The van der Waals surface area contributed by atoms with Gasteiger partial charge in [-0.2, -0.15) is 0 Å². The topological polar surface area (TPSA) is 85.2 Å². The fourth-order valence-corrected chi connectivity index (χ4v) is 5.04. The third-order valence-corrected chi connectivity index (χ3v) is 6.86. The zero-order valence-corrected chi connectivity index (χ0v) is 19.6. The highest BCUT2D eigenvalue weighted by molar-refractivity contribution is 5.89. The van der Waals surface area contributed by atoms with Gasteiger partial charge < -0.3 is 24.4 Å². The monoisotopic (exact) mass is 466 g/mol. The van der Waals surface area contributed by atoms with Crippen LogP contribution in [-0.2, 0) is 9.47 Å². The Morgan fingerprint density at radius 2 is 1.91 bits per heavy atom. The lowest BCUT2D eigenvalue weighted by Gasteiger charge is -2.21. The highest BCUT2D eigenvalue weighted by Gasteiger charge is 2.43. The van der Waals surface area contributed by atoms with E-state index in [-0.39, 0.29) is 36.4 Å². The second kappa shape index (κ2) is 11.6. The number of aliphatic hydroxyl groups excluding tert-OH is 2. The Morgan fingerprint density at radius 1 is 1.15 bits per heavy atom. The maximum atomic E-state index is 11.9. The number of para-hydroxylation sites is 1. The maximum Gasteiger partial charge on any atom is 0.338 e. The lowest BCUT2D eigenvalue weighted by Crippen LogP contribution is -2.22. The molecule has 0 aromatic heterocycles. The van der Waals surface area contributed by atoms with Gasteiger partial charge in [-0.3, -0.25) is 0 Å². The molecule has 1 saturated heterocycles. The van der Waals surface area contributed by atoms with Crippen LogP contribution in [0.1, 0.15) is 48.0 Å². The van der Waals surface area contributed by atoms with E-state index >= 15 is 0 Å². The number of carbonyl (C=O) groups excluding carboxylic acids is 1. The number of fused-ring (bicyclic) bond motifs is 1. The molecule has 2 aromatic rings. The average molecular weight is 467 g/mol. The molecule has 6 atom stereocenters. The molecule has 0 amide bonds. The van der Waals surface area contributed by atoms with Gasteiger partial charge in [0.1, 0.15) is 18.5 Å². The first-order valence-electron chi connectivity index (χ1n) is 12.2. The van der Waals surface area contributed by atoms with E-state index < -0.39 is 12.2 Å². The van der Waals surface area contributed by atoms with Crippen molar-refractivity contribution in [1.82, 2.24) is 0 Å². The molecule has 0 radical (unpaired) electrons. The zero-order chi connectivity index (χ0) is 23.9. The Bertz CT molecular complexity index is 941. The Labute approximate surface area is 201 Å². The van der Waals surface area contributed by atoms with Gasteiger partial charge in [0.2, 0.25) is 0 Å². The highest BCUT2D eigenvalue weighted by Crippen LogP contribution is 2.43. The van der Waals surface area contributed by atoms with Gasteiger partial charge in [-0.25, -0.2) is 4.79 Å². The fraction of sp³-hybridized carbons (Fsp3) is 0.464. The van der Waals surface area contributed by atoms with Crippen molar-refractivity contribution < 1.29 is 29.2 Å². The SMILES string of the molecule is CCOC(=O)c1ccc([C@@H]2CC[C@@H]3[C@@H](/C=C/[C@@H](O)COc4ccccc4)[C@H](O)C[C@@H]3OC2)cc1. The summed E-state index contributed by atoms with van der Waals surface area (Å²) in [5.41, 5.74) is 1.70. The van der Waals surface area contributed by atoms with Crippen LogP contribution in [0, 0.1) is 11.8 Å². The Kier molecular flexibility index (Phi) is 8.38. The van der Waals surface area contributed by atoms with Crippen molar-refractivity contribution in [3.05, 3.63) is 77.9 Å². The first-order valence-corrected chi connectivity index (χ1v) is 12.2. The molecule has 1 heterocycles. The molecule has 0 unspecified atom stereocenters. The molecule has 0 bridgehead atoms. The molecule has 2 aromatic carbocycles. The van der Waals surface area contributed by atoms with Gasteiger partial charge in [0, 0.05) is 18.3 Å². The largest absolute Gasteiger partial charge is 0.491 e. The predicted molar refractivity (Wildman–Crippen MR) is 129 cm³/mol. The molecular weight excluding hydrogens is 432 g/mol. The molecule has 2 aliphatic rings. The Morgan fingerprint density at radius 3 is 2.65 bits per heavy atom. The summed E-state index contributed by atoms with van der Waals surface area (Å²) in [5, 5.41) is 21.0. The standard InChI is InChI=1S/C28H34O6/c1-2-32-28(31)20-10-8-19(9-11-20)21-12-14-25-24(26(30)16-27(25)34-17-21)15-13-22(29)18-33-23-6-4-3-5-7-23/h3-11,13,15,21-22,24-27,29-30H,2,12,14,16-18H2,1H3/b15-13+/t21-,22-,24-,25-,26-,27+/m1/s1. The molecule has 0 spiro atoms. The van der Waals surface area contributed by atoms with Crippen molar-refractivity contribution >= 4 is 5.97 Å². The van der Waals surface area contributed by atoms with Crippen molar-refractivity contribution in [2.75, 3.05) is 19.8 Å². The summed E-state index contributed by atoms with van der Waals surface area (Å²) in [6.07, 6.45) is 4.92. The van der Waals surface area contributed by atoms with Crippen LogP contribution >= 0.6 is 0 Å². The van der Waals surface area contributed by atoms with E-state index in [0.717, 1.165) is 24.2 Å². The van der Waals surface area contributed by atoms with Gasteiger partial charge in [-0.05, 0) is 55.5 Å². The summed E-state index contributed by atoms with van der Waals surface area (Å²) >= 11 is 0. The predicted octanol–water partition coefficient (Wildman–Crippen LogP) is 4.12. The number of esters is 1. The zero-order valence-electron chi connectivity index (χ0n) is 19.6. The van der Waals surface area contributed by atoms with Crippen molar-refractivity contribution in [2.24, 2.45) is 11.8 Å². The van der Waals surface area contributed by atoms with E-state index in [1.807, 2.05) is 60.7 Å². The van der Waals surface area contributed by atoms with Crippen molar-refractivity contribution in [3.63, 3.8) is 0 Å². The molecule has 182 valence electrons. The minimum Gasteiger partial charge on any atom is -0.491 e. The van der Waals surface area contributed by atoms with Crippen LogP contribution in [0.15, 0.2) is 66.7 Å². The summed E-state index contributed by atoms with van der Waals surface area (Å²) in [6.45, 7) is 2.91. The number of ether oxygens (including phenoxy) is 3. The molecule has 1 aliphatic carbocycles. The second-order valence-corrected chi connectivity index (χ2v) is 9.11. The highest BCUT2D eigenvalue weighted by atomic mass is 16.5. The first-order chi connectivity index (χ1) is 16.5. The number of carbonyl (C=O) groups is 1. The maximum absolute atomic E-state index is 11.9. The van der Waals surface area contributed by atoms with Crippen molar-refractivity contribution in [1.29, 1.82) is 0 Å². The molecule has 2 N–H and O–H groups in total. The number of benzene rings is 2. The Balaban J connectivity index is 1.33. The van der Waals surface area contributed by atoms with Crippen molar-refractivity contribution in [2.45, 2.75) is 50.4 Å². The lowest BCUT2D eigenvalue weighted by molar-refractivity contribution is 0.0287. The fourth-order valence-electron chi connectivity index (χ4n) is 5.04. The summed E-state index contributed by atoms with van der Waals surface area (Å²) in [5.74, 6) is 0.808. The molecule has 1 saturated carbocycles. The van der Waals surface area contributed by atoms with Crippen LogP contribution in [0.25, 0.3) is 0 Å². The molecular formula is C28H34O6. The van der Waals surface area contributed by atoms with Crippen LogP contribution in [-0.4, -0.2) is 54.3 Å². The summed E-state index contributed by atoms with van der Waals surface area (Å²) in [6, 6.07) is 17.0. The van der Waals surface area contributed by atoms with E-state index in [0.29, 0.717) is 25.2 Å². The van der Waals surface area contributed by atoms with Gasteiger partial charge in [0.15, 0.2) is 0 Å². The summed E-state index contributed by atoms with van der Waals surface area (Å²) < 4.78 is 16.9. The van der Waals surface area contributed by atoms with Gasteiger partial charge in [0.25, 0.3) is 0 Å². The van der Waals surface area contributed by atoms with Crippen LogP contribution < -0.4 is 4.74 Å². The van der Waals surface area contributed by atoms with Gasteiger partial charge in [-0.15, -0.1) is 0 Å². The van der Waals surface area contributed by atoms with Crippen LogP contribution in [0.3, 0.4) is 0 Å². The van der Waals surface area contributed by atoms with Crippen LogP contribution in [0.4, 0.5) is 0 Å². The number of aliphatic hydroxyl groups is 2. The quantitative estimate of drug-likeness (QED) is 0.450. The molecule has 6 nitrogen and oxygen atoms in total.